The van der Waals surface area contributed by atoms with Gasteiger partial charge in [-0.15, -0.1) is 0 Å². The van der Waals surface area contributed by atoms with Gasteiger partial charge < -0.3 is 14.8 Å². The average Bonchev–Trinajstić information content (AvgIpc) is 2.47. The lowest BCUT2D eigenvalue weighted by Crippen LogP contribution is -2.13. The normalized spacial score (nSPS) is 10.5. The van der Waals surface area contributed by atoms with Gasteiger partial charge in [-0.3, -0.25) is 0 Å². The maximum Gasteiger partial charge on any atom is 0.138 e. The molecule has 0 aliphatic carbocycles. The van der Waals surface area contributed by atoms with Gasteiger partial charge in [-0.1, -0.05) is 29.8 Å². The molecule has 0 spiro atoms. The molecule has 0 heterocycles. The second-order valence-electron chi connectivity index (χ2n) is 4.87. The largest absolute Gasteiger partial charge is 0.490 e. The Morgan fingerprint density at radius 2 is 1.86 bits per heavy atom. The van der Waals surface area contributed by atoms with Gasteiger partial charge in [-0.25, -0.2) is 0 Å². The molecular formula is C17H19BrClNO2. The molecule has 0 bridgehead atoms. The van der Waals surface area contributed by atoms with E-state index in [0.29, 0.717) is 24.8 Å². The predicted molar refractivity (Wildman–Crippen MR) is 94.1 cm³/mol. The quantitative estimate of drug-likeness (QED) is 0.708. The summed E-state index contributed by atoms with van der Waals surface area (Å²) in [6.45, 7) is 3.66. The Hall–Kier alpha value is -1.23. The van der Waals surface area contributed by atoms with Crippen LogP contribution in [0.5, 0.6) is 11.5 Å². The van der Waals surface area contributed by atoms with Gasteiger partial charge >= 0.3 is 0 Å². The molecule has 0 atom stereocenters. The monoisotopic (exact) mass is 383 g/mol. The summed E-state index contributed by atoms with van der Waals surface area (Å²) in [6.07, 6.45) is 0. The second kappa shape index (κ2) is 8.42. The highest BCUT2D eigenvalue weighted by Crippen LogP contribution is 2.32. The van der Waals surface area contributed by atoms with Crippen LogP contribution in [0, 0.1) is 6.92 Å². The summed E-state index contributed by atoms with van der Waals surface area (Å²) >= 11 is 9.58. The molecule has 0 aliphatic rings. The first-order valence-electron chi connectivity index (χ1n) is 7.05. The van der Waals surface area contributed by atoms with Gasteiger partial charge in [0.2, 0.25) is 0 Å². The van der Waals surface area contributed by atoms with Crippen molar-refractivity contribution in [1.82, 2.24) is 5.32 Å². The van der Waals surface area contributed by atoms with Crippen LogP contribution in [-0.4, -0.2) is 20.3 Å². The van der Waals surface area contributed by atoms with Crippen molar-refractivity contribution < 1.29 is 9.47 Å². The molecule has 2 rings (SSSR count). The first kappa shape index (κ1) is 17.1. The predicted octanol–water partition coefficient (Wildman–Crippen LogP) is 4.59. The summed E-state index contributed by atoms with van der Waals surface area (Å²) in [7, 11) is 1.89. The van der Waals surface area contributed by atoms with Gasteiger partial charge in [0.25, 0.3) is 0 Å². The molecule has 2 aromatic carbocycles. The van der Waals surface area contributed by atoms with E-state index < -0.39 is 0 Å². The smallest absolute Gasteiger partial charge is 0.138 e. The molecule has 118 valence electrons. The van der Waals surface area contributed by atoms with Crippen LogP contribution in [0.15, 0.2) is 40.9 Å². The zero-order valence-corrected chi connectivity index (χ0v) is 15.0. The Balaban J connectivity index is 1.95. The summed E-state index contributed by atoms with van der Waals surface area (Å²) in [5.74, 6) is 1.68. The van der Waals surface area contributed by atoms with E-state index in [1.165, 1.54) is 0 Å². The Morgan fingerprint density at radius 1 is 1.14 bits per heavy atom. The molecule has 5 heteroatoms. The maximum atomic E-state index is 6.08. The number of halogens is 2. The van der Waals surface area contributed by atoms with Crippen LogP contribution < -0.4 is 14.8 Å². The minimum atomic E-state index is 0.464. The van der Waals surface area contributed by atoms with Crippen molar-refractivity contribution >= 4 is 27.5 Å². The van der Waals surface area contributed by atoms with E-state index >= 15 is 0 Å². The first-order valence-corrected chi connectivity index (χ1v) is 8.22. The van der Waals surface area contributed by atoms with Crippen molar-refractivity contribution in [2.45, 2.75) is 13.5 Å². The molecule has 22 heavy (non-hydrogen) atoms. The van der Waals surface area contributed by atoms with Gasteiger partial charge in [-0.2, -0.15) is 0 Å². The van der Waals surface area contributed by atoms with Crippen LogP contribution in [0.4, 0.5) is 0 Å². The van der Waals surface area contributed by atoms with E-state index in [1.54, 1.807) is 0 Å². The summed E-state index contributed by atoms with van der Waals surface area (Å²) in [5, 5.41) is 3.79. The van der Waals surface area contributed by atoms with E-state index in [9.17, 15) is 0 Å². The van der Waals surface area contributed by atoms with Gasteiger partial charge in [-0.05, 0) is 53.7 Å². The van der Waals surface area contributed by atoms with E-state index in [-0.39, 0.29) is 0 Å². The molecule has 1 N–H and O–H groups in total. The number of para-hydroxylation sites is 1. The van der Waals surface area contributed by atoms with Crippen LogP contribution in [0.3, 0.4) is 0 Å². The molecule has 0 amide bonds. The minimum absolute atomic E-state index is 0.464. The van der Waals surface area contributed by atoms with Gasteiger partial charge in [0, 0.05) is 17.1 Å². The number of aryl methyl sites for hydroxylation is 1. The summed E-state index contributed by atoms with van der Waals surface area (Å²) in [6, 6.07) is 11.7. The second-order valence-corrected chi connectivity index (χ2v) is 6.16. The Kier molecular flexibility index (Phi) is 6.55. The van der Waals surface area contributed by atoms with E-state index in [4.69, 9.17) is 21.1 Å². The molecule has 3 nitrogen and oxygen atoms in total. The third-order valence-electron chi connectivity index (χ3n) is 3.13. The standard InChI is InChI=1S/C17H19BrClNO2/c1-12-5-3-4-6-16(12)21-7-8-22-17-13(11-20-2)9-14(19)10-15(17)18/h3-6,9-10,20H,7-8,11H2,1-2H3. The van der Waals surface area contributed by atoms with E-state index in [1.807, 2.05) is 50.4 Å². The van der Waals surface area contributed by atoms with Crippen LogP contribution in [0.2, 0.25) is 5.02 Å². The van der Waals surface area contributed by atoms with Crippen LogP contribution in [0.1, 0.15) is 11.1 Å². The topological polar surface area (TPSA) is 30.5 Å². The summed E-state index contributed by atoms with van der Waals surface area (Å²) in [4.78, 5) is 0. The number of nitrogens with one attached hydrogen (secondary N) is 1. The van der Waals surface area contributed by atoms with Gasteiger partial charge in [0.15, 0.2) is 0 Å². The zero-order valence-electron chi connectivity index (χ0n) is 12.7. The summed E-state index contributed by atoms with van der Waals surface area (Å²) in [5.41, 5.74) is 2.13. The first-order chi connectivity index (χ1) is 10.6. The molecule has 0 saturated carbocycles. The third-order valence-corrected chi connectivity index (χ3v) is 3.94. The molecule has 0 aliphatic heterocycles. The molecule has 2 aromatic rings. The van der Waals surface area contributed by atoms with Gasteiger partial charge in [0.1, 0.15) is 24.7 Å². The fraction of sp³-hybridized carbons (Fsp3) is 0.294. The number of hydrogen-bond acceptors (Lipinski definition) is 3. The lowest BCUT2D eigenvalue weighted by atomic mass is 10.2. The highest BCUT2D eigenvalue weighted by Gasteiger charge is 2.10. The molecular weight excluding hydrogens is 366 g/mol. The minimum Gasteiger partial charge on any atom is -0.490 e. The highest BCUT2D eigenvalue weighted by molar-refractivity contribution is 9.10. The number of benzene rings is 2. The van der Waals surface area contributed by atoms with Crippen LogP contribution in [-0.2, 0) is 6.54 Å². The number of rotatable bonds is 7. The number of hydrogen-bond donors (Lipinski definition) is 1. The number of ether oxygens (including phenoxy) is 2. The molecule has 0 saturated heterocycles. The SMILES string of the molecule is CNCc1cc(Cl)cc(Br)c1OCCOc1ccccc1C. The molecule has 0 unspecified atom stereocenters. The van der Waals surface area contributed by atoms with Gasteiger partial charge in [0.05, 0.1) is 4.47 Å². The Morgan fingerprint density at radius 3 is 2.59 bits per heavy atom. The van der Waals surface area contributed by atoms with Crippen LogP contribution >= 0.6 is 27.5 Å². The maximum absolute atomic E-state index is 6.08. The zero-order chi connectivity index (χ0) is 15.9. The van der Waals surface area contributed by atoms with E-state index in [0.717, 1.165) is 27.1 Å². The fourth-order valence-corrected chi connectivity index (χ4v) is 3.10. The van der Waals surface area contributed by atoms with Crippen molar-refractivity contribution in [2.75, 3.05) is 20.3 Å². The highest BCUT2D eigenvalue weighted by atomic mass is 79.9. The lowest BCUT2D eigenvalue weighted by molar-refractivity contribution is 0.214. The van der Waals surface area contributed by atoms with Crippen molar-refractivity contribution in [3.8, 4) is 11.5 Å². The third kappa shape index (κ3) is 4.63. The Labute approximate surface area is 144 Å². The van der Waals surface area contributed by atoms with Crippen molar-refractivity contribution in [3.63, 3.8) is 0 Å². The fourth-order valence-electron chi connectivity index (χ4n) is 2.11. The molecule has 0 fully saturated rings. The van der Waals surface area contributed by atoms with Crippen molar-refractivity contribution in [3.05, 3.63) is 57.0 Å². The Bertz CT molecular complexity index is 634. The van der Waals surface area contributed by atoms with Crippen molar-refractivity contribution in [2.24, 2.45) is 0 Å². The van der Waals surface area contributed by atoms with Crippen molar-refractivity contribution in [1.29, 1.82) is 0 Å². The van der Waals surface area contributed by atoms with Crippen LogP contribution in [0.25, 0.3) is 0 Å². The van der Waals surface area contributed by atoms with E-state index in [2.05, 4.69) is 21.2 Å². The molecule has 0 radical (unpaired) electrons. The molecule has 0 aromatic heterocycles. The summed E-state index contributed by atoms with van der Waals surface area (Å²) < 4.78 is 12.5. The lowest BCUT2D eigenvalue weighted by Gasteiger charge is -2.15. The average molecular weight is 385 g/mol.